The van der Waals surface area contributed by atoms with Crippen LogP contribution >= 0.6 is 11.6 Å². The van der Waals surface area contributed by atoms with Crippen LogP contribution in [0.2, 0.25) is 5.02 Å². The highest BCUT2D eigenvalue weighted by atomic mass is 35.5. The number of hydrogen-bond donors (Lipinski definition) is 1. The van der Waals surface area contributed by atoms with Crippen molar-refractivity contribution in [3.63, 3.8) is 0 Å². The van der Waals surface area contributed by atoms with Crippen LogP contribution in [0.3, 0.4) is 0 Å². The molecule has 1 N–H and O–H groups in total. The van der Waals surface area contributed by atoms with Gasteiger partial charge in [0.25, 0.3) is 0 Å². The first kappa shape index (κ1) is 11.9. The smallest absolute Gasteiger partial charge is 0.0406 e. The van der Waals surface area contributed by atoms with E-state index in [-0.39, 0.29) is 0 Å². The molecular formula is C14H20ClN. The van der Waals surface area contributed by atoms with Crippen molar-refractivity contribution in [1.29, 1.82) is 0 Å². The molecule has 1 saturated carbocycles. The third kappa shape index (κ3) is 2.99. The molecule has 16 heavy (non-hydrogen) atoms. The Morgan fingerprint density at radius 2 is 1.94 bits per heavy atom. The molecule has 1 unspecified atom stereocenters. The predicted octanol–water partition coefficient (Wildman–Crippen LogP) is 3.66. The molecule has 1 fully saturated rings. The van der Waals surface area contributed by atoms with E-state index in [0.717, 1.165) is 18.0 Å². The number of rotatable bonds is 5. The van der Waals surface area contributed by atoms with Crippen LogP contribution in [-0.4, -0.2) is 12.6 Å². The van der Waals surface area contributed by atoms with E-state index in [0.29, 0.717) is 11.5 Å². The van der Waals surface area contributed by atoms with Gasteiger partial charge in [0.05, 0.1) is 0 Å². The lowest BCUT2D eigenvalue weighted by Crippen LogP contribution is -2.34. The number of benzene rings is 1. The Hall–Kier alpha value is -0.530. The van der Waals surface area contributed by atoms with Gasteiger partial charge in [-0.05, 0) is 55.8 Å². The Labute approximate surface area is 103 Å². The van der Waals surface area contributed by atoms with Crippen molar-refractivity contribution in [2.75, 3.05) is 6.54 Å². The van der Waals surface area contributed by atoms with Gasteiger partial charge in [-0.2, -0.15) is 0 Å². The van der Waals surface area contributed by atoms with E-state index < -0.39 is 0 Å². The van der Waals surface area contributed by atoms with Gasteiger partial charge in [0.2, 0.25) is 0 Å². The molecular weight excluding hydrogens is 218 g/mol. The van der Waals surface area contributed by atoms with Crippen LogP contribution in [0, 0.1) is 5.41 Å². The van der Waals surface area contributed by atoms with Crippen LogP contribution in [-0.2, 0) is 6.42 Å². The maximum absolute atomic E-state index is 5.85. The van der Waals surface area contributed by atoms with Gasteiger partial charge in [0.15, 0.2) is 0 Å². The predicted molar refractivity (Wildman–Crippen MR) is 70.0 cm³/mol. The van der Waals surface area contributed by atoms with Crippen LogP contribution < -0.4 is 5.32 Å². The van der Waals surface area contributed by atoms with Gasteiger partial charge in [-0.1, -0.05) is 30.7 Å². The average Bonchev–Trinajstić information content (AvgIpc) is 3.01. The monoisotopic (exact) mass is 237 g/mol. The van der Waals surface area contributed by atoms with E-state index in [1.165, 1.54) is 18.4 Å². The summed E-state index contributed by atoms with van der Waals surface area (Å²) in [4.78, 5) is 0. The zero-order valence-corrected chi connectivity index (χ0v) is 10.8. The fraction of sp³-hybridized carbons (Fsp3) is 0.571. The molecule has 0 heterocycles. The van der Waals surface area contributed by atoms with Gasteiger partial charge >= 0.3 is 0 Å². The van der Waals surface area contributed by atoms with Gasteiger partial charge < -0.3 is 5.32 Å². The summed E-state index contributed by atoms with van der Waals surface area (Å²) in [5, 5.41) is 4.43. The molecule has 0 radical (unpaired) electrons. The summed E-state index contributed by atoms with van der Waals surface area (Å²) in [5.74, 6) is 0. The summed E-state index contributed by atoms with van der Waals surface area (Å²) in [7, 11) is 0. The van der Waals surface area contributed by atoms with Crippen molar-refractivity contribution in [3.05, 3.63) is 34.9 Å². The number of halogens is 1. The molecule has 1 aliphatic carbocycles. The van der Waals surface area contributed by atoms with Crippen molar-refractivity contribution in [1.82, 2.24) is 5.32 Å². The topological polar surface area (TPSA) is 12.0 Å². The molecule has 88 valence electrons. The molecule has 1 nitrogen and oxygen atoms in total. The molecule has 1 aliphatic rings. The molecule has 0 aliphatic heterocycles. The third-order valence-electron chi connectivity index (χ3n) is 3.86. The fourth-order valence-electron chi connectivity index (χ4n) is 1.96. The normalized spacial score (nSPS) is 19.4. The second-order valence-electron chi connectivity index (χ2n) is 5.21. The SMILES string of the molecule is CC(NCCc1ccc(Cl)cc1)C1(C)CC1. The van der Waals surface area contributed by atoms with Gasteiger partial charge in [-0.15, -0.1) is 0 Å². The zero-order valence-electron chi connectivity index (χ0n) is 10.1. The largest absolute Gasteiger partial charge is 0.313 e. The summed E-state index contributed by atoms with van der Waals surface area (Å²) in [5.41, 5.74) is 1.92. The summed E-state index contributed by atoms with van der Waals surface area (Å²) in [6, 6.07) is 8.77. The molecule has 0 bridgehead atoms. The second kappa shape index (κ2) is 4.77. The van der Waals surface area contributed by atoms with Gasteiger partial charge in [0.1, 0.15) is 0 Å². The van der Waals surface area contributed by atoms with Crippen LogP contribution in [0.15, 0.2) is 24.3 Å². The van der Waals surface area contributed by atoms with Crippen LogP contribution in [0.4, 0.5) is 0 Å². The minimum Gasteiger partial charge on any atom is -0.313 e. The van der Waals surface area contributed by atoms with Crippen molar-refractivity contribution >= 4 is 11.6 Å². The summed E-state index contributed by atoms with van der Waals surface area (Å²) >= 11 is 5.85. The van der Waals surface area contributed by atoms with Crippen LogP contribution in [0.25, 0.3) is 0 Å². The first-order valence-electron chi connectivity index (χ1n) is 6.08. The van der Waals surface area contributed by atoms with E-state index in [2.05, 4.69) is 31.3 Å². The highest BCUT2D eigenvalue weighted by molar-refractivity contribution is 6.30. The van der Waals surface area contributed by atoms with E-state index >= 15 is 0 Å². The quantitative estimate of drug-likeness (QED) is 0.824. The summed E-state index contributed by atoms with van der Waals surface area (Å²) in [6.07, 6.45) is 3.84. The highest BCUT2D eigenvalue weighted by Gasteiger charge is 2.41. The Morgan fingerprint density at radius 3 is 2.50 bits per heavy atom. The Balaban J connectivity index is 1.73. The van der Waals surface area contributed by atoms with Crippen LogP contribution in [0.1, 0.15) is 32.3 Å². The maximum Gasteiger partial charge on any atom is 0.0406 e. The molecule has 0 spiro atoms. The lowest BCUT2D eigenvalue weighted by Gasteiger charge is -2.20. The Kier molecular flexibility index (Phi) is 3.56. The second-order valence-corrected chi connectivity index (χ2v) is 5.64. The first-order chi connectivity index (χ1) is 7.60. The summed E-state index contributed by atoms with van der Waals surface area (Å²) < 4.78 is 0. The van der Waals surface area contributed by atoms with E-state index in [9.17, 15) is 0 Å². The van der Waals surface area contributed by atoms with E-state index in [4.69, 9.17) is 11.6 Å². The molecule has 2 heteroatoms. The van der Waals surface area contributed by atoms with Crippen molar-refractivity contribution in [2.24, 2.45) is 5.41 Å². The average molecular weight is 238 g/mol. The summed E-state index contributed by atoms with van der Waals surface area (Å²) in [6.45, 7) is 5.72. The van der Waals surface area contributed by atoms with Crippen molar-refractivity contribution < 1.29 is 0 Å². The van der Waals surface area contributed by atoms with Crippen molar-refractivity contribution in [2.45, 2.75) is 39.2 Å². The van der Waals surface area contributed by atoms with E-state index in [1.54, 1.807) is 0 Å². The fourth-order valence-corrected chi connectivity index (χ4v) is 2.09. The molecule has 0 amide bonds. The van der Waals surface area contributed by atoms with Gasteiger partial charge in [-0.3, -0.25) is 0 Å². The Bertz CT molecular complexity index is 340. The molecule has 1 aromatic carbocycles. The van der Waals surface area contributed by atoms with Crippen molar-refractivity contribution in [3.8, 4) is 0 Å². The van der Waals surface area contributed by atoms with Crippen LogP contribution in [0.5, 0.6) is 0 Å². The highest BCUT2D eigenvalue weighted by Crippen LogP contribution is 2.47. The number of nitrogens with one attached hydrogen (secondary N) is 1. The third-order valence-corrected chi connectivity index (χ3v) is 4.11. The lowest BCUT2D eigenvalue weighted by molar-refractivity contribution is 0.383. The molecule has 0 saturated heterocycles. The van der Waals surface area contributed by atoms with Gasteiger partial charge in [-0.25, -0.2) is 0 Å². The minimum absolute atomic E-state index is 0.569. The molecule has 0 aromatic heterocycles. The zero-order chi connectivity index (χ0) is 11.6. The first-order valence-corrected chi connectivity index (χ1v) is 6.46. The Morgan fingerprint density at radius 1 is 1.31 bits per heavy atom. The molecule has 1 atom stereocenters. The maximum atomic E-state index is 5.85. The number of hydrogen-bond acceptors (Lipinski definition) is 1. The molecule has 2 rings (SSSR count). The minimum atomic E-state index is 0.569. The standard InChI is InChI=1S/C14H20ClN/c1-11(14(2)8-9-14)16-10-7-12-3-5-13(15)6-4-12/h3-6,11,16H,7-10H2,1-2H3. The lowest BCUT2D eigenvalue weighted by atomic mass is 10.0. The van der Waals surface area contributed by atoms with E-state index in [1.807, 2.05) is 12.1 Å². The molecule has 1 aromatic rings. The van der Waals surface area contributed by atoms with Gasteiger partial charge in [0, 0.05) is 11.1 Å².